The predicted octanol–water partition coefficient (Wildman–Crippen LogP) is 0.458. The Morgan fingerprint density at radius 1 is 1.40 bits per heavy atom. The van der Waals surface area contributed by atoms with Gasteiger partial charge < -0.3 is 0 Å². The summed E-state index contributed by atoms with van der Waals surface area (Å²) in [5, 5.41) is 0. The van der Waals surface area contributed by atoms with Crippen LogP contribution in [0.25, 0.3) is 0 Å². The van der Waals surface area contributed by atoms with Crippen LogP contribution in [-0.4, -0.2) is 24.6 Å². The largest absolute Gasteiger partial charge is 0.475 e. The van der Waals surface area contributed by atoms with E-state index in [1.54, 1.807) is 4.72 Å². The van der Waals surface area contributed by atoms with Crippen LogP contribution in [0.2, 0.25) is 0 Å². The van der Waals surface area contributed by atoms with Crippen molar-refractivity contribution in [3.05, 3.63) is 0 Å². The standard InChI is InChI=1S/C4H6F3NOS/c1-10(2)8-3(9)4(5,6)7/h1-2H3/p+1. The lowest BCUT2D eigenvalue weighted by Gasteiger charge is -2.02. The molecule has 0 bridgehead atoms. The first-order valence-corrected chi connectivity index (χ1v) is 4.33. The third-order valence-corrected chi connectivity index (χ3v) is 1.15. The van der Waals surface area contributed by atoms with Crippen molar-refractivity contribution < 1.29 is 18.0 Å². The van der Waals surface area contributed by atoms with Gasteiger partial charge in [-0.15, -0.1) is 0 Å². The molecule has 0 atom stereocenters. The monoisotopic (exact) mass is 174 g/mol. The lowest BCUT2D eigenvalue weighted by atomic mass is 10.6. The van der Waals surface area contributed by atoms with Crippen LogP contribution < -0.4 is 4.72 Å². The Labute approximate surface area is 59.3 Å². The molecule has 6 heteroatoms. The van der Waals surface area contributed by atoms with Gasteiger partial charge >= 0.3 is 12.1 Å². The Balaban J connectivity index is 3.87. The smallest absolute Gasteiger partial charge is 0.260 e. The zero-order valence-corrected chi connectivity index (χ0v) is 6.27. The molecule has 0 rings (SSSR count). The quantitative estimate of drug-likeness (QED) is 0.575. The summed E-state index contributed by atoms with van der Waals surface area (Å²) in [4.78, 5) is 10.0. The van der Waals surface area contributed by atoms with E-state index < -0.39 is 23.2 Å². The number of nitrogens with one attached hydrogen (secondary N) is 1. The van der Waals surface area contributed by atoms with Crippen LogP contribution in [0, 0.1) is 0 Å². The van der Waals surface area contributed by atoms with E-state index >= 15 is 0 Å². The first-order chi connectivity index (χ1) is 4.34. The molecule has 2 nitrogen and oxygen atoms in total. The van der Waals surface area contributed by atoms with Crippen molar-refractivity contribution >= 4 is 17.0 Å². The second-order valence-electron chi connectivity index (χ2n) is 1.75. The number of alkyl halides is 3. The van der Waals surface area contributed by atoms with E-state index in [9.17, 15) is 18.0 Å². The SMILES string of the molecule is C[S+](C)NC(=O)C(F)(F)F. The molecule has 0 aromatic rings. The Hall–Kier alpha value is -0.390. The molecular weight excluding hydrogens is 167 g/mol. The summed E-state index contributed by atoms with van der Waals surface area (Å²) < 4.78 is 36.0. The molecule has 0 spiro atoms. The molecule has 0 radical (unpaired) electrons. The summed E-state index contributed by atoms with van der Waals surface area (Å²) in [6.07, 6.45) is -1.77. The van der Waals surface area contributed by atoms with Crippen LogP contribution >= 0.6 is 0 Å². The predicted molar refractivity (Wildman–Crippen MR) is 33.4 cm³/mol. The van der Waals surface area contributed by atoms with E-state index in [1.165, 1.54) is 12.5 Å². The van der Waals surface area contributed by atoms with Gasteiger partial charge in [-0.2, -0.15) is 17.9 Å². The molecule has 0 aromatic heterocycles. The Bertz CT molecular complexity index is 133. The fraction of sp³-hybridized carbons (Fsp3) is 0.750. The first-order valence-electron chi connectivity index (χ1n) is 2.29. The van der Waals surface area contributed by atoms with Gasteiger partial charge in [0.15, 0.2) is 0 Å². The number of carbonyl (C=O) groups is 1. The molecule has 0 saturated carbocycles. The van der Waals surface area contributed by atoms with E-state index in [2.05, 4.69) is 0 Å². The normalized spacial score (nSPS) is 11.8. The van der Waals surface area contributed by atoms with E-state index in [0.29, 0.717) is 0 Å². The molecule has 0 unspecified atom stereocenters. The summed E-state index contributed by atoms with van der Waals surface area (Å²) >= 11 is -0.712. The number of hydrogen-bond acceptors (Lipinski definition) is 1. The third-order valence-electron chi connectivity index (χ3n) is 0.554. The topological polar surface area (TPSA) is 29.1 Å². The summed E-state index contributed by atoms with van der Waals surface area (Å²) in [5.41, 5.74) is 0. The van der Waals surface area contributed by atoms with Gasteiger partial charge in [-0.1, -0.05) is 0 Å². The highest BCUT2D eigenvalue weighted by Crippen LogP contribution is 2.14. The van der Waals surface area contributed by atoms with E-state index in [0.717, 1.165) is 0 Å². The second-order valence-corrected chi connectivity index (χ2v) is 3.58. The van der Waals surface area contributed by atoms with Gasteiger partial charge in [-0.3, -0.25) is 4.79 Å². The van der Waals surface area contributed by atoms with Gasteiger partial charge in [0, 0.05) is 0 Å². The lowest BCUT2D eigenvalue weighted by Crippen LogP contribution is -2.39. The zero-order valence-electron chi connectivity index (χ0n) is 5.45. The van der Waals surface area contributed by atoms with Gasteiger partial charge in [0.1, 0.15) is 12.5 Å². The summed E-state index contributed by atoms with van der Waals surface area (Å²) in [6.45, 7) is 0. The molecule has 0 saturated heterocycles. The third kappa shape index (κ3) is 3.60. The van der Waals surface area contributed by atoms with Crippen molar-refractivity contribution in [1.29, 1.82) is 0 Å². The molecule has 10 heavy (non-hydrogen) atoms. The Morgan fingerprint density at radius 3 is 1.90 bits per heavy atom. The average Bonchev–Trinajstić information content (AvgIpc) is 1.60. The van der Waals surface area contributed by atoms with Crippen molar-refractivity contribution in [3.63, 3.8) is 0 Å². The fourth-order valence-corrected chi connectivity index (χ4v) is 0.730. The number of rotatable bonds is 1. The minimum absolute atomic E-state index is 0.712. The van der Waals surface area contributed by atoms with Gasteiger partial charge in [-0.05, 0) is 0 Å². The second kappa shape index (κ2) is 3.14. The highest BCUT2D eigenvalue weighted by Gasteiger charge is 2.41. The number of amides is 1. The highest BCUT2D eigenvalue weighted by atomic mass is 32.2. The summed E-state index contributed by atoms with van der Waals surface area (Å²) in [7, 11) is 0. The minimum Gasteiger partial charge on any atom is -0.260 e. The van der Waals surface area contributed by atoms with E-state index in [4.69, 9.17) is 0 Å². The molecule has 0 aromatic carbocycles. The summed E-state index contributed by atoms with van der Waals surface area (Å²) in [6, 6.07) is 0. The van der Waals surface area contributed by atoms with Crippen LogP contribution in [0.4, 0.5) is 13.2 Å². The van der Waals surface area contributed by atoms with Crippen LogP contribution in [0.5, 0.6) is 0 Å². The minimum atomic E-state index is -4.75. The van der Waals surface area contributed by atoms with Crippen LogP contribution in [0.3, 0.4) is 0 Å². The van der Waals surface area contributed by atoms with Crippen molar-refractivity contribution in [2.75, 3.05) is 12.5 Å². The highest BCUT2D eigenvalue weighted by molar-refractivity contribution is 7.94. The maximum Gasteiger partial charge on any atom is 0.475 e. The zero-order chi connectivity index (χ0) is 8.36. The molecule has 1 N–H and O–H groups in total. The lowest BCUT2D eigenvalue weighted by molar-refractivity contribution is -0.171. The van der Waals surface area contributed by atoms with Gasteiger partial charge in [0.25, 0.3) is 0 Å². The molecule has 1 amide bonds. The Morgan fingerprint density at radius 2 is 1.80 bits per heavy atom. The maximum atomic E-state index is 11.4. The van der Waals surface area contributed by atoms with Crippen molar-refractivity contribution in [2.24, 2.45) is 0 Å². The van der Waals surface area contributed by atoms with Gasteiger partial charge in [-0.25, -0.2) is 0 Å². The van der Waals surface area contributed by atoms with Crippen molar-refractivity contribution in [2.45, 2.75) is 6.18 Å². The number of halogens is 3. The molecule has 0 aliphatic heterocycles. The van der Waals surface area contributed by atoms with Crippen LogP contribution in [-0.2, 0) is 15.9 Å². The van der Waals surface area contributed by atoms with Crippen LogP contribution in [0.15, 0.2) is 0 Å². The Kier molecular flexibility index (Phi) is 3.01. The number of carbonyl (C=O) groups excluding carboxylic acids is 1. The molecule has 0 aliphatic carbocycles. The summed E-state index contributed by atoms with van der Waals surface area (Å²) in [5.74, 6) is -1.87. The van der Waals surface area contributed by atoms with E-state index in [-0.39, 0.29) is 0 Å². The number of hydrogen-bond donors (Lipinski definition) is 1. The van der Waals surface area contributed by atoms with Crippen molar-refractivity contribution in [3.8, 4) is 0 Å². The molecular formula is C4H7F3NOS+. The molecule has 0 heterocycles. The first kappa shape index (κ1) is 9.61. The molecule has 0 fully saturated rings. The van der Waals surface area contributed by atoms with Crippen LogP contribution in [0.1, 0.15) is 0 Å². The maximum absolute atomic E-state index is 11.4. The van der Waals surface area contributed by atoms with Crippen molar-refractivity contribution in [1.82, 2.24) is 4.72 Å². The molecule has 0 aliphatic rings. The van der Waals surface area contributed by atoms with E-state index in [1.807, 2.05) is 0 Å². The average molecular weight is 174 g/mol. The van der Waals surface area contributed by atoms with Gasteiger partial charge in [0.2, 0.25) is 0 Å². The molecule has 60 valence electrons. The van der Waals surface area contributed by atoms with Gasteiger partial charge in [0.05, 0.1) is 11.1 Å². The fourth-order valence-electron chi connectivity index (χ4n) is 0.243.